The van der Waals surface area contributed by atoms with Gasteiger partial charge in [0, 0.05) is 18.3 Å². The van der Waals surface area contributed by atoms with Crippen molar-refractivity contribution in [3.8, 4) is 0 Å². The molecule has 0 saturated heterocycles. The normalized spacial score (nSPS) is 19.4. The molecule has 1 saturated carbocycles. The number of fused-ring (bicyclic) bond motifs is 1. The number of benzene rings is 2. The minimum Gasteiger partial charge on any atom is -0.380 e. The fraction of sp³-hybridized carbons (Fsp3) is 0.433. The monoisotopic (exact) mass is 533 g/mol. The number of aliphatic hydroxyl groups is 2. The van der Waals surface area contributed by atoms with Crippen LogP contribution in [-0.4, -0.2) is 50.7 Å². The van der Waals surface area contributed by atoms with E-state index in [1.165, 1.54) is 23.3 Å². The smallest absolute Gasteiger partial charge is 0.255 e. The lowest BCUT2D eigenvalue weighted by atomic mass is 9.77. The molecule has 0 radical (unpaired) electrons. The molecule has 200 valence electrons. The highest BCUT2D eigenvalue weighted by Gasteiger charge is 2.41. The molecule has 2 amide bonds. The van der Waals surface area contributed by atoms with E-state index >= 15 is 0 Å². The highest BCUT2D eigenvalue weighted by atomic mass is 32.1. The van der Waals surface area contributed by atoms with E-state index in [4.69, 9.17) is 0 Å². The molecule has 3 aromatic rings. The van der Waals surface area contributed by atoms with Crippen LogP contribution >= 0.6 is 11.3 Å². The van der Waals surface area contributed by atoms with Gasteiger partial charge in [-0.2, -0.15) is 0 Å². The lowest BCUT2D eigenvalue weighted by Gasteiger charge is -2.44. The van der Waals surface area contributed by atoms with Gasteiger partial charge in [-0.05, 0) is 41.9 Å². The van der Waals surface area contributed by atoms with Crippen molar-refractivity contribution < 1.29 is 19.8 Å². The molecule has 0 spiro atoms. The van der Waals surface area contributed by atoms with E-state index in [0.29, 0.717) is 30.3 Å². The number of aromatic nitrogens is 1. The van der Waals surface area contributed by atoms with Crippen LogP contribution in [0.15, 0.2) is 60.0 Å². The average Bonchev–Trinajstić information content (AvgIpc) is 3.42. The quantitative estimate of drug-likeness (QED) is 0.409. The van der Waals surface area contributed by atoms with Crippen molar-refractivity contribution >= 4 is 23.2 Å². The molecule has 1 unspecified atom stereocenters. The first-order valence-electron chi connectivity index (χ1n) is 13.5. The van der Waals surface area contributed by atoms with Gasteiger partial charge in [0.25, 0.3) is 11.8 Å². The van der Waals surface area contributed by atoms with Crippen LogP contribution in [0, 0.1) is 5.92 Å². The minimum atomic E-state index is -1.85. The second kappa shape index (κ2) is 12.2. The fourth-order valence-corrected chi connectivity index (χ4v) is 6.57. The third-order valence-corrected chi connectivity index (χ3v) is 8.67. The van der Waals surface area contributed by atoms with Crippen molar-refractivity contribution in [2.75, 3.05) is 6.54 Å². The molecule has 3 atom stereocenters. The fourth-order valence-electron chi connectivity index (χ4n) is 5.84. The SMILES string of the molecule is O=C(NCc1nc(Cc2ccccc2)cs1)[C@H](O)[C@@H](O)C(=O)N1CCc2ccccc2C1C1CCCCC1. The predicted molar refractivity (Wildman–Crippen MR) is 146 cm³/mol. The number of hydrogen-bond acceptors (Lipinski definition) is 6. The number of carbonyl (C=O) groups is 2. The molecule has 38 heavy (non-hydrogen) atoms. The van der Waals surface area contributed by atoms with Crippen molar-refractivity contribution in [3.05, 3.63) is 87.4 Å². The Bertz CT molecular complexity index is 1240. The van der Waals surface area contributed by atoms with Crippen LogP contribution in [0.5, 0.6) is 0 Å². The Labute approximate surface area is 227 Å². The average molecular weight is 534 g/mol. The van der Waals surface area contributed by atoms with Gasteiger partial charge in [-0.25, -0.2) is 4.98 Å². The molecule has 2 aromatic carbocycles. The van der Waals surface area contributed by atoms with Crippen molar-refractivity contribution in [2.45, 2.75) is 69.7 Å². The zero-order chi connectivity index (χ0) is 26.5. The Balaban J connectivity index is 1.21. The summed E-state index contributed by atoms with van der Waals surface area (Å²) in [4.78, 5) is 32.5. The van der Waals surface area contributed by atoms with Crippen LogP contribution in [0.3, 0.4) is 0 Å². The number of carbonyl (C=O) groups excluding carboxylic acids is 2. The van der Waals surface area contributed by atoms with E-state index < -0.39 is 24.0 Å². The maximum Gasteiger partial charge on any atom is 0.255 e. The van der Waals surface area contributed by atoms with E-state index in [1.807, 2.05) is 47.8 Å². The molecule has 3 N–H and O–H groups in total. The highest BCUT2D eigenvalue weighted by molar-refractivity contribution is 7.09. The summed E-state index contributed by atoms with van der Waals surface area (Å²) >= 11 is 1.42. The zero-order valence-corrected chi connectivity index (χ0v) is 22.3. The summed E-state index contributed by atoms with van der Waals surface area (Å²) in [7, 11) is 0. The van der Waals surface area contributed by atoms with E-state index in [1.54, 1.807) is 4.90 Å². The van der Waals surface area contributed by atoms with Crippen molar-refractivity contribution in [2.24, 2.45) is 5.92 Å². The topological polar surface area (TPSA) is 103 Å². The number of thiazole rings is 1. The number of nitrogens with zero attached hydrogens (tertiary/aromatic N) is 2. The molecule has 5 rings (SSSR count). The molecular weight excluding hydrogens is 498 g/mol. The van der Waals surface area contributed by atoms with Crippen LogP contribution in [0.1, 0.15) is 65.5 Å². The predicted octanol–water partition coefficient (Wildman–Crippen LogP) is 3.78. The lowest BCUT2D eigenvalue weighted by molar-refractivity contribution is -0.156. The van der Waals surface area contributed by atoms with E-state index in [-0.39, 0.29) is 12.6 Å². The maximum atomic E-state index is 13.5. The van der Waals surface area contributed by atoms with Gasteiger partial charge in [0.15, 0.2) is 12.2 Å². The Morgan fingerprint density at radius 3 is 2.53 bits per heavy atom. The first kappa shape index (κ1) is 26.5. The summed E-state index contributed by atoms with van der Waals surface area (Å²) in [6, 6.07) is 18.1. The summed E-state index contributed by atoms with van der Waals surface area (Å²) in [6.45, 7) is 0.587. The molecule has 7 nitrogen and oxygen atoms in total. The van der Waals surface area contributed by atoms with Gasteiger partial charge in [-0.1, -0.05) is 73.9 Å². The number of nitrogens with one attached hydrogen (secondary N) is 1. The van der Waals surface area contributed by atoms with Gasteiger partial charge in [-0.15, -0.1) is 11.3 Å². The van der Waals surface area contributed by atoms with Crippen molar-refractivity contribution in [1.82, 2.24) is 15.2 Å². The van der Waals surface area contributed by atoms with E-state index in [9.17, 15) is 19.8 Å². The Morgan fingerprint density at radius 2 is 1.74 bits per heavy atom. The van der Waals surface area contributed by atoms with Crippen molar-refractivity contribution in [3.63, 3.8) is 0 Å². The molecule has 1 aromatic heterocycles. The second-order valence-electron chi connectivity index (χ2n) is 10.3. The Hall–Kier alpha value is -3.07. The van der Waals surface area contributed by atoms with E-state index in [0.717, 1.165) is 42.5 Å². The summed E-state index contributed by atoms with van der Waals surface area (Å²) < 4.78 is 0. The largest absolute Gasteiger partial charge is 0.380 e. The molecule has 2 aliphatic rings. The Morgan fingerprint density at radius 1 is 1.00 bits per heavy atom. The molecule has 0 bridgehead atoms. The molecule has 2 heterocycles. The molecule has 1 aliphatic heterocycles. The van der Waals surface area contributed by atoms with Gasteiger partial charge in [0.05, 0.1) is 18.3 Å². The number of hydrogen-bond donors (Lipinski definition) is 3. The second-order valence-corrected chi connectivity index (χ2v) is 11.3. The molecule has 1 aliphatic carbocycles. The van der Waals surface area contributed by atoms with Gasteiger partial charge < -0.3 is 20.4 Å². The summed E-state index contributed by atoms with van der Waals surface area (Å²) in [6.07, 6.45) is 3.23. The summed E-state index contributed by atoms with van der Waals surface area (Å²) in [5, 5.41) is 26.7. The van der Waals surface area contributed by atoms with Gasteiger partial charge in [0.2, 0.25) is 0 Å². The van der Waals surface area contributed by atoms with E-state index in [2.05, 4.69) is 22.4 Å². The lowest BCUT2D eigenvalue weighted by Crippen LogP contribution is -2.53. The number of amides is 2. The van der Waals surface area contributed by atoms with Crippen LogP contribution < -0.4 is 5.32 Å². The zero-order valence-electron chi connectivity index (χ0n) is 21.5. The number of rotatable bonds is 8. The van der Waals surface area contributed by atoms with Crippen LogP contribution in [0.4, 0.5) is 0 Å². The first-order valence-corrected chi connectivity index (χ1v) is 14.4. The summed E-state index contributed by atoms with van der Waals surface area (Å²) in [5.74, 6) is -1.06. The maximum absolute atomic E-state index is 13.5. The molecular formula is C30H35N3O4S. The Kier molecular flexibility index (Phi) is 8.51. The third kappa shape index (κ3) is 5.98. The molecule has 8 heteroatoms. The van der Waals surface area contributed by atoms with Gasteiger partial charge in [-0.3, -0.25) is 9.59 Å². The molecule has 1 fully saturated rings. The number of aliphatic hydroxyl groups excluding tert-OH is 2. The van der Waals surface area contributed by atoms with Crippen LogP contribution in [0.2, 0.25) is 0 Å². The van der Waals surface area contributed by atoms with Crippen LogP contribution in [0.25, 0.3) is 0 Å². The first-order chi connectivity index (χ1) is 18.5. The van der Waals surface area contributed by atoms with Crippen LogP contribution in [-0.2, 0) is 29.0 Å². The minimum absolute atomic E-state index is 0.123. The summed E-state index contributed by atoms with van der Waals surface area (Å²) in [5.41, 5.74) is 4.41. The highest BCUT2D eigenvalue weighted by Crippen LogP contribution is 2.42. The standard InChI is InChI=1S/C30H35N3O4S/c34-27(29(36)31-18-25-32-23(19-38-25)17-20-9-3-1-4-10-20)28(35)30(37)33-16-15-21-11-7-8-14-24(21)26(33)22-12-5-2-6-13-22/h1,3-4,7-11,14,19,22,26-28,34-35H,2,5-6,12-13,15-18H2,(H,31,36)/t26?,27-,28-/m1/s1. The van der Waals surface area contributed by atoms with Gasteiger partial charge in [0.1, 0.15) is 5.01 Å². The van der Waals surface area contributed by atoms with Crippen molar-refractivity contribution in [1.29, 1.82) is 0 Å². The third-order valence-electron chi connectivity index (χ3n) is 7.77. The van der Waals surface area contributed by atoms with Gasteiger partial charge >= 0.3 is 0 Å².